The molecule has 0 spiro atoms. The number of nitrogens with one attached hydrogen (secondary N) is 1. The predicted octanol–water partition coefficient (Wildman–Crippen LogP) is 3.30. The molecule has 6 nitrogen and oxygen atoms in total. The van der Waals surface area contributed by atoms with Crippen molar-refractivity contribution in [3.05, 3.63) is 24.5 Å². The third-order valence-corrected chi connectivity index (χ3v) is 4.58. The first-order valence-corrected chi connectivity index (χ1v) is 9.30. The molecule has 2 aromatic heterocycles. The maximum Gasteiger partial charge on any atom is 0.230 e. The van der Waals surface area contributed by atoms with E-state index in [1.807, 2.05) is 23.7 Å². The Hall–Kier alpha value is -1.89. The fourth-order valence-electron chi connectivity index (χ4n) is 3.11. The molecule has 0 saturated carbocycles. The zero-order chi connectivity index (χ0) is 18.7. The van der Waals surface area contributed by atoms with E-state index in [0.29, 0.717) is 5.75 Å². The van der Waals surface area contributed by atoms with Crippen LogP contribution in [-0.2, 0) is 11.8 Å². The Balaban J connectivity index is 1.96. The van der Waals surface area contributed by atoms with E-state index in [2.05, 4.69) is 55.1 Å². The molecular formula is C18H27N5OS. The summed E-state index contributed by atoms with van der Waals surface area (Å²) >= 11 is 1.39. The molecule has 0 aliphatic rings. The summed E-state index contributed by atoms with van der Waals surface area (Å²) in [5.41, 5.74) is 0.873. The van der Waals surface area contributed by atoms with Crippen molar-refractivity contribution in [3.8, 4) is 11.4 Å². The smallest absolute Gasteiger partial charge is 0.230 e. The number of aromatic nitrogens is 4. The molecule has 2 aromatic rings. The van der Waals surface area contributed by atoms with Gasteiger partial charge in [0.2, 0.25) is 5.91 Å². The lowest BCUT2D eigenvalue weighted by atomic mass is 9.82. The number of thioether (sulfide) groups is 1. The Bertz CT molecular complexity index is 719. The molecule has 0 bridgehead atoms. The van der Waals surface area contributed by atoms with E-state index in [-0.39, 0.29) is 16.9 Å². The molecule has 0 fully saturated rings. The van der Waals surface area contributed by atoms with Crippen molar-refractivity contribution in [1.82, 2.24) is 25.1 Å². The summed E-state index contributed by atoms with van der Waals surface area (Å²) in [7, 11) is 1.90. The molecule has 1 N–H and O–H groups in total. The fourth-order valence-corrected chi connectivity index (χ4v) is 3.82. The van der Waals surface area contributed by atoms with E-state index < -0.39 is 0 Å². The third-order valence-electron chi connectivity index (χ3n) is 3.56. The van der Waals surface area contributed by atoms with Gasteiger partial charge in [-0.25, -0.2) is 0 Å². The number of nitrogens with zero attached hydrogens (tertiary/aromatic N) is 4. The van der Waals surface area contributed by atoms with Crippen LogP contribution in [0.2, 0.25) is 0 Å². The van der Waals surface area contributed by atoms with E-state index in [4.69, 9.17) is 0 Å². The first-order valence-electron chi connectivity index (χ1n) is 8.31. The minimum atomic E-state index is -0.238. The standard InChI is InChI=1S/C18H27N5OS/c1-17(2,3)12-18(4,5)20-14(24)11-25-16-22-21-15(23(16)6)13-7-9-19-10-8-13/h7-10H,11-12H2,1-6H3,(H,20,24). The number of amides is 1. The number of carbonyl (C=O) groups is 1. The number of hydrogen-bond acceptors (Lipinski definition) is 5. The summed E-state index contributed by atoms with van der Waals surface area (Å²) in [6.45, 7) is 10.6. The quantitative estimate of drug-likeness (QED) is 0.799. The van der Waals surface area contributed by atoms with Crippen molar-refractivity contribution in [2.75, 3.05) is 5.75 Å². The highest BCUT2D eigenvalue weighted by molar-refractivity contribution is 7.99. The van der Waals surface area contributed by atoms with Crippen molar-refractivity contribution in [2.24, 2.45) is 12.5 Å². The molecule has 7 heteroatoms. The van der Waals surface area contributed by atoms with Crippen LogP contribution in [0.25, 0.3) is 11.4 Å². The number of pyridine rings is 1. The largest absolute Gasteiger partial charge is 0.350 e. The SMILES string of the molecule is Cn1c(SCC(=O)NC(C)(C)CC(C)(C)C)nnc1-c1ccncc1. The van der Waals surface area contributed by atoms with Crippen LogP contribution in [0.4, 0.5) is 0 Å². The highest BCUT2D eigenvalue weighted by Crippen LogP contribution is 2.27. The van der Waals surface area contributed by atoms with Crippen LogP contribution in [0.15, 0.2) is 29.7 Å². The summed E-state index contributed by atoms with van der Waals surface area (Å²) < 4.78 is 1.90. The molecule has 136 valence electrons. The second-order valence-corrected chi connectivity index (χ2v) is 9.00. The van der Waals surface area contributed by atoms with Crippen LogP contribution < -0.4 is 5.32 Å². The maximum atomic E-state index is 12.3. The molecule has 0 saturated heterocycles. The second-order valence-electron chi connectivity index (χ2n) is 8.06. The highest BCUT2D eigenvalue weighted by Gasteiger charge is 2.27. The average Bonchev–Trinajstić information content (AvgIpc) is 2.84. The second kappa shape index (κ2) is 7.56. The molecule has 0 aliphatic carbocycles. The molecule has 0 aromatic carbocycles. The predicted molar refractivity (Wildman–Crippen MR) is 101 cm³/mol. The first-order chi connectivity index (χ1) is 11.6. The van der Waals surface area contributed by atoms with E-state index in [1.54, 1.807) is 12.4 Å². The van der Waals surface area contributed by atoms with Crippen LogP contribution in [0.1, 0.15) is 41.0 Å². The van der Waals surface area contributed by atoms with Crippen molar-refractivity contribution >= 4 is 17.7 Å². The van der Waals surface area contributed by atoms with Crippen molar-refractivity contribution in [1.29, 1.82) is 0 Å². The third kappa shape index (κ3) is 5.85. The molecule has 0 aliphatic heterocycles. The molecule has 2 rings (SSSR count). The van der Waals surface area contributed by atoms with E-state index >= 15 is 0 Å². The molecule has 25 heavy (non-hydrogen) atoms. The number of hydrogen-bond donors (Lipinski definition) is 1. The summed E-state index contributed by atoms with van der Waals surface area (Å²) in [5.74, 6) is 1.08. The van der Waals surface area contributed by atoms with Gasteiger partial charge in [-0.1, -0.05) is 32.5 Å². The summed E-state index contributed by atoms with van der Waals surface area (Å²) in [6, 6.07) is 3.78. The Kier molecular flexibility index (Phi) is 5.87. The van der Waals surface area contributed by atoms with Gasteiger partial charge in [0.15, 0.2) is 11.0 Å². The number of carbonyl (C=O) groups excluding carboxylic acids is 1. The minimum absolute atomic E-state index is 0.00714. The van der Waals surface area contributed by atoms with Gasteiger partial charge in [-0.3, -0.25) is 9.78 Å². The Morgan fingerprint density at radius 3 is 2.40 bits per heavy atom. The zero-order valence-corrected chi connectivity index (χ0v) is 16.6. The first kappa shape index (κ1) is 19.4. The Morgan fingerprint density at radius 2 is 1.80 bits per heavy atom. The average molecular weight is 362 g/mol. The Labute approximate surface area is 153 Å². The van der Waals surface area contributed by atoms with Crippen LogP contribution in [0.3, 0.4) is 0 Å². The van der Waals surface area contributed by atoms with Crippen molar-refractivity contribution in [3.63, 3.8) is 0 Å². The van der Waals surface area contributed by atoms with Gasteiger partial charge in [-0.2, -0.15) is 0 Å². The Morgan fingerprint density at radius 1 is 1.16 bits per heavy atom. The molecule has 0 radical (unpaired) electrons. The molecule has 0 atom stereocenters. The van der Waals surface area contributed by atoms with Gasteiger partial charge in [0.25, 0.3) is 0 Å². The minimum Gasteiger partial charge on any atom is -0.350 e. The summed E-state index contributed by atoms with van der Waals surface area (Å²) in [4.78, 5) is 16.3. The lowest BCUT2D eigenvalue weighted by Gasteiger charge is -2.33. The maximum absolute atomic E-state index is 12.3. The van der Waals surface area contributed by atoms with Gasteiger partial charge in [0.05, 0.1) is 5.75 Å². The molecule has 2 heterocycles. The van der Waals surface area contributed by atoms with Crippen LogP contribution in [0.5, 0.6) is 0 Å². The normalized spacial score (nSPS) is 12.2. The van der Waals surface area contributed by atoms with Gasteiger partial charge in [-0.05, 0) is 37.8 Å². The lowest BCUT2D eigenvalue weighted by Crippen LogP contribution is -2.46. The van der Waals surface area contributed by atoms with E-state index in [1.165, 1.54) is 11.8 Å². The van der Waals surface area contributed by atoms with Gasteiger partial charge in [0, 0.05) is 30.5 Å². The van der Waals surface area contributed by atoms with Crippen LogP contribution in [0, 0.1) is 5.41 Å². The molecule has 1 amide bonds. The highest BCUT2D eigenvalue weighted by atomic mass is 32.2. The van der Waals surface area contributed by atoms with Gasteiger partial charge < -0.3 is 9.88 Å². The van der Waals surface area contributed by atoms with Gasteiger partial charge in [0.1, 0.15) is 0 Å². The zero-order valence-electron chi connectivity index (χ0n) is 15.8. The fraction of sp³-hybridized carbons (Fsp3) is 0.556. The lowest BCUT2D eigenvalue weighted by molar-refractivity contribution is -0.120. The van der Waals surface area contributed by atoms with Crippen molar-refractivity contribution < 1.29 is 4.79 Å². The van der Waals surface area contributed by atoms with Crippen LogP contribution >= 0.6 is 11.8 Å². The molecule has 0 unspecified atom stereocenters. The van der Waals surface area contributed by atoms with E-state index in [9.17, 15) is 4.79 Å². The molecular weight excluding hydrogens is 334 g/mol. The summed E-state index contributed by atoms with van der Waals surface area (Å²) in [5, 5.41) is 12.2. The topological polar surface area (TPSA) is 72.7 Å². The summed E-state index contributed by atoms with van der Waals surface area (Å²) in [6.07, 6.45) is 4.36. The van der Waals surface area contributed by atoms with Crippen molar-refractivity contribution in [2.45, 2.75) is 51.7 Å². The monoisotopic (exact) mass is 361 g/mol. The van der Waals surface area contributed by atoms with E-state index in [0.717, 1.165) is 23.0 Å². The van der Waals surface area contributed by atoms with Gasteiger partial charge >= 0.3 is 0 Å². The van der Waals surface area contributed by atoms with Crippen LogP contribution in [-0.4, -0.2) is 36.9 Å². The number of rotatable bonds is 6. The van der Waals surface area contributed by atoms with Gasteiger partial charge in [-0.15, -0.1) is 10.2 Å².